The largest absolute Gasteiger partial charge is 0.384 e. The zero-order valence-electron chi connectivity index (χ0n) is 7.67. The fourth-order valence-electron chi connectivity index (χ4n) is 1.23. The predicted molar refractivity (Wildman–Crippen MR) is 31.9 cm³/mol. The first-order chi connectivity index (χ1) is 7.50. The van der Waals surface area contributed by atoms with Crippen LogP contribution in [-0.2, 0) is 0 Å². The quantitative estimate of drug-likeness (QED) is 0.670. The van der Waals surface area contributed by atoms with Crippen molar-refractivity contribution < 1.29 is 54.1 Å². The summed E-state index contributed by atoms with van der Waals surface area (Å²) in [5.41, 5.74) is 0. The van der Waals surface area contributed by atoms with Crippen molar-refractivity contribution in [1.29, 1.82) is 0 Å². The minimum Gasteiger partial charge on any atom is -0.352 e. The first-order valence-corrected chi connectivity index (χ1v) is 3.84. The van der Waals surface area contributed by atoms with E-state index in [0.717, 1.165) is 0 Å². The maximum atomic E-state index is 12.6. The minimum atomic E-state index is -7.15. The van der Waals surface area contributed by atoms with Crippen LogP contribution in [0.5, 0.6) is 0 Å². The van der Waals surface area contributed by atoms with Crippen molar-refractivity contribution >= 4 is 0 Å². The van der Waals surface area contributed by atoms with Crippen molar-refractivity contribution in [3.8, 4) is 0 Å². The highest BCUT2D eigenvalue weighted by atomic mass is 19.4. The van der Waals surface area contributed by atoms with Gasteiger partial charge in [-0.25, -0.2) is 0 Å². The third kappa shape index (κ3) is 1.09. The SMILES string of the molecule is OC1(F)C(O)(F)C(F)(F)C(F)(F)C(F)(F)C1(F)F. The highest BCUT2D eigenvalue weighted by Crippen LogP contribution is 2.67. The summed E-state index contributed by atoms with van der Waals surface area (Å²) >= 11 is 0. The molecule has 2 N–H and O–H groups in total. The Hall–Kier alpha value is -0.780. The summed E-state index contributed by atoms with van der Waals surface area (Å²) in [6.07, 6.45) is 0. The molecule has 12 heteroatoms. The van der Waals surface area contributed by atoms with E-state index in [0.29, 0.717) is 0 Å². The third-order valence-corrected chi connectivity index (χ3v) is 2.45. The lowest BCUT2D eigenvalue weighted by Gasteiger charge is -2.51. The topological polar surface area (TPSA) is 40.5 Å². The molecule has 18 heavy (non-hydrogen) atoms. The summed E-state index contributed by atoms with van der Waals surface area (Å²) in [6.45, 7) is 0. The second-order valence-electron chi connectivity index (χ2n) is 3.54. The van der Waals surface area contributed by atoms with Crippen molar-refractivity contribution in [1.82, 2.24) is 0 Å². The lowest BCUT2D eigenvalue weighted by molar-refractivity contribution is -0.532. The van der Waals surface area contributed by atoms with Crippen molar-refractivity contribution in [3.63, 3.8) is 0 Å². The van der Waals surface area contributed by atoms with E-state index in [4.69, 9.17) is 10.2 Å². The Balaban J connectivity index is 3.72. The highest BCUT2D eigenvalue weighted by molar-refractivity contribution is 5.22. The van der Waals surface area contributed by atoms with Gasteiger partial charge in [0.15, 0.2) is 0 Å². The fourth-order valence-corrected chi connectivity index (χ4v) is 1.23. The van der Waals surface area contributed by atoms with Crippen molar-refractivity contribution in [2.45, 2.75) is 35.4 Å². The second kappa shape index (κ2) is 3.03. The Morgan fingerprint density at radius 2 is 0.556 bits per heavy atom. The molecule has 0 amide bonds. The molecule has 2 atom stereocenters. The molecule has 0 aromatic rings. The maximum absolute atomic E-state index is 12.6. The molecule has 1 aliphatic rings. The molecule has 1 saturated carbocycles. The van der Waals surface area contributed by atoms with Gasteiger partial charge < -0.3 is 10.2 Å². The van der Waals surface area contributed by atoms with Gasteiger partial charge in [-0.1, -0.05) is 0 Å². The number of rotatable bonds is 0. The molecular formula is C6H2F10O2. The van der Waals surface area contributed by atoms with Crippen LogP contribution in [0.25, 0.3) is 0 Å². The number of alkyl halides is 10. The molecule has 0 radical (unpaired) electrons. The Labute approximate surface area is 90.8 Å². The second-order valence-corrected chi connectivity index (χ2v) is 3.54. The van der Waals surface area contributed by atoms with E-state index in [1.807, 2.05) is 0 Å². The molecule has 0 aromatic heterocycles. The van der Waals surface area contributed by atoms with Crippen LogP contribution in [-0.4, -0.2) is 45.6 Å². The first-order valence-electron chi connectivity index (χ1n) is 3.84. The number of halogens is 10. The van der Waals surface area contributed by atoms with E-state index in [1.165, 1.54) is 0 Å². The molecule has 0 bridgehead atoms. The minimum absolute atomic E-state index is 6.63. The van der Waals surface area contributed by atoms with Gasteiger partial charge in [-0.2, -0.15) is 43.9 Å². The average Bonchev–Trinajstić information content (AvgIpc) is 2.14. The molecule has 0 heterocycles. The van der Waals surface area contributed by atoms with Gasteiger partial charge in [0, 0.05) is 0 Å². The van der Waals surface area contributed by atoms with Crippen LogP contribution < -0.4 is 0 Å². The van der Waals surface area contributed by atoms with E-state index in [1.54, 1.807) is 0 Å². The van der Waals surface area contributed by atoms with E-state index >= 15 is 0 Å². The highest BCUT2D eigenvalue weighted by Gasteiger charge is 3.00. The van der Waals surface area contributed by atoms with Gasteiger partial charge in [0.05, 0.1) is 0 Å². The monoisotopic (exact) mass is 296 g/mol. The van der Waals surface area contributed by atoms with Gasteiger partial charge in [0.1, 0.15) is 0 Å². The number of hydrogen-bond donors (Lipinski definition) is 2. The zero-order valence-corrected chi connectivity index (χ0v) is 7.67. The van der Waals surface area contributed by atoms with Crippen LogP contribution in [0, 0.1) is 0 Å². The van der Waals surface area contributed by atoms with Crippen molar-refractivity contribution in [2.75, 3.05) is 0 Å². The van der Waals surface area contributed by atoms with Crippen LogP contribution in [0.15, 0.2) is 0 Å². The van der Waals surface area contributed by atoms with Crippen molar-refractivity contribution in [3.05, 3.63) is 0 Å². The van der Waals surface area contributed by atoms with Crippen LogP contribution >= 0.6 is 0 Å². The van der Waals surface area contributed by atoms with Crippen LogP contribution in [0.4, 0.5) is 43.9 Å². The van der Waals surface area contributed by atoms with Crippen molar-refractivity contribution in [2.24, 2.45) is 0 Å². The molecule has 0 aromatic carbocycles. The van der Waals surface area contributed by atoms with E-state index in [2.05, 4.69) is 0 Å². The van der Waals surface area contributed by atoms with Gasteiger partial charge in [-0.15, -0.1) is 0 Å². The molecule has 0 aliphatic heterocycles. The van der Waals surface area contributed by atoms with Gasteiger partial charge in [0.2, 0.25) is 0 Å². The lowest BCUT2D eigenvalue weighted by Crippen LogP contribution is -2.85. The molecule has 2 nitrogen and oxygen atoms in total. The third-order valence-electron chi connectivity index (χ3n) is 2.45. The molecule has 2 unspecified atom stereocenters. The van der Waals surface area contributed by atoms with Crippen LogP contribution in [0.3, 0.4) is 0 Å². The summed E-state index contributed by atoms with van der Waals surface area (Å²) in [7, 11) is 0. The average molecular weight is 296 g/mol. The Bertz CT molecular complexity index is 256. The smallest absolute Gasteiger partial charge is 0.352 e. The summed E-state index contributed by atoms with van der Waals surface area (Å²) < 4.78 is 125. The van der Waals surface area contributed by atoms with Gasteiger partial charge in [0.25, 0.3) is 0 Å². The molecule has 1 rings (SSSR count). The Morgan fingerprint density at radius 1 is 0.389 bits per heavy atom. The molecular weight excluding hydrogens is 294 g/mol. The summed E-state index contributed by atoms with van der Waals surface area (Å²) in [6, 6.07) is 0. The first kappa shape index (κ1) is 15.3. The van der Waals surface area contributed by atoms with Crippen LogP contribution in [0.2, 0.25) is 0 Å². The van der Waals surface area contributed by atoms with Crippen LogP contribution in [0.1, 0.15) is 0 Å². The standard InChI is InChI=1S/C6H2F10O2/c7-1(8)2(9,10)4(13,14)6(16,18)5(15,17)3(1,11)12/h17-18H. The molecule has 0 saturated heterocycles. The molecule has 1 fully saturated rings. The van der Waals surface area contributed by atoms with Gasteiger partial charge >= 0.3 is 35.4 Å². The predicted octanol–water partition coefficient (Wildman–Crippen LogP) is 1.86. The Morgan fingerprint density at radius 3 is 0.722 bits per heavy atom. The molecule has 1 aliphatic carbocycles. The number of hydrogen-bond acceptors (Lipinski definition) is 2. The van der Waals surface area contributed by atoms with E-state index in [-0.39, 0.29) is 0 Å². The maximum Gasteiger partial charge on any atom is 0.384 e. The molecule has 108 valence electrons. The Kier molecular flexibility index (Phi) is 2.57. The van der Waals surface area contributed by atoms with Gasteiger partial charge in [-0.3, -0.25) is 0 Å². The lowest BCUT2D eigenvalue weighted by atomic mass is 9.78. The summed E-state index contributed by atoms with van der Waals surface area (Å²) in [5, 5.41) is 16.0. The fraction of sp³-hybridized carbons (Fsp3) is 1.00. The molecule has 0 spiro atoms. The normalized spacial score (nSPS) is 44.7. The zero-order chi connectivity index (χ0) is 15.0. The summed E-state index contributed by atoms with van der Waals surface area (Å²) in [5.74, 6) is -41.6. The summed E-state index contributed by atoms with van der Waals surface area (Å²) in [4.78, 5) is 0. The van der Waals surface area contributed by atoms with E-state index in [9.17, 15) is 43.9 Å². The number of aliphatic hydroxyl groups is 2. The van der Waals surface area contributed by atoms with Gasteiger partial charge in [-0.05, 0) is 0 Å². The van der Waals surface area contributed by atoms with E-state index < -0.39 is 35.4 Å².